The van der Waals surface area contributed by atoms with Crippen LogP contribution in [0.2, 0.25) is 0 Å². The summed E-state index contributed by atoms with van der Waals surface area (Å²) in [7, 11) is 0. The molecule has 0 aliphatic rings. The summed E-state index contributed by atoms with van der Waals surface area (Å²) in [5.41, 5.74) is 0.390. The third-order valence-corrected chi connectivity index (χ3v) is 3.24. The second kappa shape index (κ2) is 5.65. The normalized spacial score (nSPS) is 12.3. The largest absolute Gasteiger partial charge is 0.376 e. The van der Waals surface area contributed by atoms with E-state index in [1.807, 2.05) is 0 Å². The van der Waals surface area contributed by atoms with Gasteiger partial charge in [0.05, 0.1) is 11.7 Å². The van der Waals surface area contributed by atoms with Crippen molar-refractivity contribution in [3.8, 4) is 0 Å². The Kier molecular flexibility index (Phi) is 4.14. The molecule has 0 bridgehead atoms. The van der Waals surface area contributed by atoms with E-state index in [-0.39, 0.29) is 11.3 Å². The lowest BCUT2D eigenvalue weighted by Crippen LogP contribution is -2.10. The molecule has 1 unspecified atom stereocenters. The first-order chi connectivity index (χ1) is 8.99. The molecule has 0 saturated carbocycles. The molecule has 100 valence electrons. The van der Waals surface area contributed by atoms with E-state index in [0.29, 0.717) is 4.47 Å². The van der Waals surface area contributed by atoms with Crippen LogP contribution in [-0.2, 0) is 0 Å². The standard InChI is InChI=1S/C14H11BrF3N/c1-8(10-3-2-4-11(16)14(10)18)19-13-6-5-9(15)7-12(13)17/h2-8,19H,1H3. The van der Waals surface area contributed by atoms with Crippen LogP contribution in [-0.4, -0.2) is 0 Å². The molecule has 0 aliphatic carbocycles. The minimum Gasteiger partial charge on any atom is -0.376 e. The van der Waals surface area contributed by atoms with Crippen LogP contribution in [0.15, 0.2) is 40.9 Å². The molecule has 0 spiro atoms. The molecule has 1 atom stereocenters. The van der Waals surface area contributed by atoms with Gasteiger partial charge in [0.25, 0.3) is 0 Å². The molecule has 0 aliphatic heterocycles. The molecule has 0 heterocycles. The van der Waals surface area contributed by atoms with Gasteiger partial charge in [-0.2, -0.15) is 0 Å². The molecule has 0 fully saturated rings. The third kappa shape index (κ3) is 3.10. The SMILES string of the molecule is CC(Nc1ccc(Br)cc1F)c1cccc(F)c1F. The van der Waals surface area contributed by atoms with Gasteiger partial charge < -0.3 is 5.32 Å². The molecule has 0 saturated heterocycles. The minimum absolute atomic E-state index is 0.155. The summed E-state index contributed by atoms with van der Waals surface area (Å²) in [6, 6.07) is 7.89. The van der Waals surface area contributed by atoms with E-state index in [1.54, 1.807) is 13.0 Å². The minimum atomic E-state index is -0.917. The van der Waals surface area contributed by atoms with Crippen molar-refractivity contribution in [2.75, 3.05) is 5.32 Å². The van der Waals surface area contributed by atoms with Gasteiger partial charge >= 0.3 is 0 Å². The molecule has 5 heteroatoms. The lowest BCUT2D eigenvalue weighted by Gasteiger charge is -2.17. The van der Waals surface area contributed by atoms with Crippen molar-refractivity contribution in [3.05, 3.63) is 63.9 Å². The van der Waals surface area contributed by atoms with Gasteiger partial charge in [0.2, 0.25) is 0 Å². The maximum Gasteiger partial charge on any atom is 0.164 e. The molecular formula is C14H11BrF3N. The van der Waals surface area contributed by atoms with Crippen LogP contribution >= 0.6 is 15.9 Å². The fourth-order valence-corrected chi connectivity index (χ4v) is 2.11. The van der Waals surface area contributed by atoms with Crippen molar-refractivity contribution in [1.29, 1.82) is 0 Å². The van der Waals surface area contributed by atoms with Crippen LogP contribution in [0.3, 0.4) is 0 Å². The quantitative estimate of drug-likeness (QED) is 0.831. The molecule has 1 nitrogen and oxygen atoms in total. The molecule has 19 heavy (non-hydrogen) atoms. The zero-order chi connectivity index (χ0) is 14.0. The van der Waals surface area contributed by atoms with E-state index in [0.717, 1.165) is 6.07 Å². The van der Waals surface area contributed by atoms with Gasteiger partial charge in [0.1, 0.15) is 5.82 Å². The molecule has 0 amide bonds. The number of benzene rings is 2. The molecular weight excluding hydrogens is 319 g/mol. The van der Waals surface area contributed by atoms with E-state index in [4.69, 9.17) is 0 Å². The number of rotatable bonds is 3. The molecule has 2 aromatic carbocycles. The number of halogens is 4. The van der Waals surface area contributed by atoms with Crippen LogP contribution in [0, 0.1) is 17.5 Å². The summed E-state index contributed by atoms with van der Waals surface area (Å²) in [5, 5.41) is 2.82. The summed E-state index contributed by atoms with van der Waals surface area (Å²) < 4.78 is 41.0. The lowest BCUT2D eigenvalue weighted by molar-refractivity contribution is 0.494. The third-order valence-electron chi connectivity index (χ3n) is 2.75. The van der Waals surface area contributed by atoms with Crippen LogP contribution in [0.1, 0.15) is 18.5 Å². The number of anilines is 1. The van der Waals surface area contributed by atoms with E-state index >= 15 is 0 Å². The average molecular weight is 330 g/mol. The van der Waals surface area contributed by atoms with Crippen molar-refractivity contribution in [1.82, 2.24) is 0 Å². The molecule has 2 rings (SSSR count). The molecule has 1 N–H and O–H groups in total. The number of hydrogen-bond donors (Lipinski definition) is 1. The number of hydrogen-bond acceptors (Lipinski definition) is 1. The van der Waals surface area contributed by atoms with Gasteiger partial charge in [-0.05, 0) is 31.2 Å². The van der Waals surface area contributed by atoms with Crippen LogP contribution < -0.4 is 5.32 Å². The van der Waals surface area contributed by atoms with Gasteiger partial charge in [-0.15, -0.1) is 0 Å². The zero-order valence-corrected chi connectivity index (χ0v) is 11.6. The summed E-state index contributed by atoms with van der Waals surface area (Å²) in [5.74, 6) is -2.29. The zero-order valence-electron chi connectivity index (χ0n) is 10.1. The van der Waals surface area contributed by atoms with E-state index < -0.39 is 23.5 Å². The van der Waals surface area contributed by atoms with Gasteiger partial charge in [0.15, 0.2) is 11.6 Å². The Balaban J connectivity index is 2.25. The second-order valence-corrected chi connectivity index (χ2v) is 5.05. The fourth-order valence-electron chi connectivity index (χ4n) is 1.77. The highest BCUT2D eigenvalue weighted by Crippen LogP contribution is 2.26. The topological polar surface area (TPSA) is 12.0 Å². The van der Waals surface area contributed by atoms with Gasteiger partial charge in [-0.3, -0.25) is 0 Å². The van der Waals surface area contributed by atoms with Gasteiger partial charge in [0, 0.05) is 10.0 Å². The molecule has 0 aromatic heterocycles. The number of nitrogens with one attached hydrogen (secondary N) is 1. The first-order valence-electron chi connectivity index (χ1n) is 5.64. The van der Waals surface area contributed by atoms with Crippen LogP contribution in [0.5, 0.6) is 0 Å². The van der Waals surface area contributed by atoms with Crippen LogP contribution in [0.4, 0.5) is 18.9 Å². The Labute approximate surface area is 117 Å². The molecule has 2 aromatic rings. The van der Waals surface area contributed by atoms with Crippen molar-refractivity contribution >= 4 is 21.6 Å². The summed E-state index contributed by atoms with van der Waals surface area (Å²) in [6.45, 7) is 1.64. The first kappa shape index (κ1) is 13.9. The van der Waals surface area contributed by atoms with E-state index in [1.165, 1.54) is 24.3 Å². The van der Waals surface area contributed by atoms with Crippen LogP contribution in [0.25, 0.3) is 0 Å². The molecule has 0 radical (unpaired) electrons. The highest BCUT2D eigenvalue weighted by molar-refractivity contribution is 9.10. The summed E-state index contributed by atoms with van der Waals surface area (Å²) in [6.07, 6.45) is 0. The smallest absolute Gasteiger partial charge is 0.164 e. The highest BCUT2D eigenvalue weighted by Gasteiger charge is 2.15. The van der Waals surface area contributed by atoms with Crippen molar-refractivity contribution in [2.24, 2.45) is 0 Å². The lowest BCUT2D eigenvalue weighted by atomic mass is 10.1. The fraction of sp³-hybridized carbons (Fsp3) is 0.143. The maximum atomic E-state index is 13.6. The maximum absolute atomic E-state index is 13.6. The van der Waals surface area contributed by atoms with Gasteiger partial charge in [-0.25, -0.2) is 13.2 Å². The van der Waals surface area contributed by atoms with Crippen molar-refractivity contribution in [2.45, 2.75) is 13.0 Å². The Morgan fingerprint density at radius 1 is 1.05 bits per heavy atom. The predicted octanol–water partition coefficient (Wildman–Crippen LogP) is 5.04. The van der Waals surface area contributed by atoms with E-state index in [2.05, 4.69) is 21.2 Å². The average Bonchev–Trinajstić information content (AvgIpc) is 2.36. The summed E-state index contributed by atoms with van der Waals surface area (Å²) >= 11 is 3.15. The Bertz CT molecular complexity index is 601. The Morgan fingerprint density at radius 3 is 2.47 bits per heavy atom. The predicted molar refractivity (Wildman–Crippen MR) is 72.5 cm³/mol. The van der Waals surface area contributed by atoms with Crippen molar-refractivity contribution < 1.29 is 13.2 Å². The highest BCUT2D eigenvalue weighted by atomic mass is 79.9. The Hall–Kier alpha value is -1.49. The van der Waals surface area contributed by atoms with Gasteiger partial charge in [-0.1, -0.05) is 28.1 Å². The Morgan fingerprint density at radius 2 is 1.79 bits per heavy atom. The second-order valence-electron chi connectivity index (χ2n) is 4.13. The monoisotopic (exact) mass is 329 g/mol. The summed E-state index contributed by atoms with van der Waals surface area (Å²) in [4.78, 5) is 0. The van der Waals surface area contributed by atoms with E-state index in [9.17, 15) is 13.2 Å². The first-order valence-corrected chi connectivity index (χ1v) is 6.44. The van der Waals surface area contributed by atoms with Crippen molar-refractivity contribution in [3.63, 3.8) is 0 Å².